The average molecular weight is 831 g/mol. The van der Waals surface area contributed by atoms with Gasteiger partial charge in [-0.2, -0.15) is 0 Å². The monoisotopic (exact) mass is 830 g/mol. The van der Waals surface area contributed by atoms with E-state index in [4.69, 9.17) is 4.42 Å². The third-order valence-electron chi connectivity index (χ3n) is 13.9. The van der Waals surface area contributed by atoms with Gasteiger partial charge in [0.05, 0.1) is 22.1 Å². The number of hydrogen-bond donors (Lipinski definition) is 0. The summed E-state index contributed by atoms with van der Waals surface area (Å²) >= 11 is 1.89. The van der Waals surface area contributed by atoms with Crippen molar-refractivity contribution in [3.8, 4) is 11.4 Å². The molecule has 4 heterocycles. The fourth-order valence-electron chi connectivity index (χ4n) is 11.4. The fourth-order valence-corrected chi connectivity index (χ4v) is 12.5. The lowest BCUT2D eigenvalue weighted by atomic mass is 9.94. The minimum Gasteiger partial charge on any atom is -0.456 e. The number of furan rings is 1. The van der Waals surface area contributed by atoms with Crippen LogP contribution in [0.1, 0.15) is 0 Å². The Morgan fingerprint density at radius 2 is 0.734 bits per heavy atom. The Bertz CT molecular complexity index is 4470. The van der Waals surface area contributed by atoms with E-state index in [2.05, 4.69) is 215 Å². The molecule has 296 valence electrons. The quantitative estimate of drug-likeness (QED) is 0.170. The molecule has 15 rings (SSSR count). The Labute approximate surface area is 368 Å². The maximum Gasteiger partial charge on any atom is 0.136 e. The standard InChI is InChI=1S/C60H34N2OS/c1-3-15-35(16-4-1)61-45-23-11-7-19-41(45)53-47(61)31-27-37-38-28-32-48-54(42-20-8-12-24-46(42)62(48)36-17-5-2-6-18-36)58(38)60-40(30-34-52-56(60)44-22-10-14-26-51(44)64-52)39-29-33-50-55(59(39)57(37)53)43-21-9-13-25-49(43)63-50/h1-34H. The van der Waals surface area contributed by atoms with Gasteiger partial charge in [-0.05, 0) is 99.7 Å². The Balaban J connectivity index is 1.39. The van der Waals surface area contributed by atoms with Crippen molar-refractivity contribution in [3.05, 3.63) is 248 Å². The predicted octanol–water partition coefficient (Wildman–Crippen LogP) is 15.6. The first-order valence-electron chi connectivity index (χ1n) is 21.9. The molecule has 4 aromatic heterocycles. The third-order valence-corrected chi connectivity index (χ3v) is 15.0. The summed E-state index contributed by atoms with van der Waals surface area (Å²) in [7, 11) is 0. The highest BCUT2D eigenvalue weighted by atomic mass is 32.1. The van der Waals surface area contributed by atoms with E-state index >= 15 is 0 Å². The first-order valence-corrected chi connectivity index (χ1v) is 22.7. The highest BCUT2D eigenvalue weighted by molar-refractivity contribution is 7.25. The molecule has 64 heavy (non-hydrogen) atoms. The van der Waals surface area contributed by atoms with Crippen LogP contribution in [0.2, 0.25) is 0 Å². The zero-order valence-electron chi connectivity index (χ0n) is 34.3. The molecule has 1 aliphatic carbocycles. The van der Waals surface area contributed by atoms with E-state index in [9.17, 15) is 0 Å². The topological polar surface area (TPSA) is 23.0 Å². The van der Waals surface area contributed by atoms with Gasteiger partial charge in [-0.3, -0.25) is 0 Å². The summed E-state index contributed by atoms with van der Waals surface area (Å²) in [6.07, 6.45) is 0. The molecule has 0 atom stereocenters. The van der Waals surface area contributed by atoms with Gasteiger partial charge in [0.15, 0.2) is 0 Å². The molecule has 0 saturated carbocycles. The maximum atomic E-state index is 6.80. The summed E-state index contributed by atoms with van der Waals surface area (Å²) in [5, 5.41) is 19.6. The van der Waals surface area contributed by atoms with Gasteiger partial charge in [-0.15, -0.1) is 11.3 Å². The largest absolute Gasteiger partial charge is 0.456 e. The SMILES string of the molecule is c1ccc(-n2c3ccccc3c3c4c(ccc32)=c2ccc3c(c2=c2c(ccc5sc6ccccc6c25)=c2ccc5oc6ccccc6c5c2=4)c2ccccc2n3-c2ccccc2)cc1. The van der Waals surface area contributed by atoms with Crippen LogP contribution in [-0.2, 0) is 0 Å². The number of benzene rings is 10. The van der Waals surface area contributed by atoms with Gasteiger partial charge in [0.2, 0.25) is 0 Å². The van der Waals surface area contributed by atoms with Crippen LogP contribution in [0.25, 0.3) is 97.1 Å². The minimum atomic E-state index is 0.889. The Kier molecular flexibility index (Phi) is 6.83. The van der Waals surface area contributed by atoms with Crippen LogP contribution in [0.15, 0.2) is 211 Å². The smallest absolute Gasteiger partial charge is 0.136 e. The van der Waals surface area contributed by atoms with Crippen molar-refractivity contribution in [2.75, 3.05) is 0 Å². The number of para-hydroxylation sites is 5. The van der Waals surface area contributed by atoms with Gasteiger partial charge in [-0.25, -0.2) is 0 Å². The van der Waals surface area contributed by atoms with Crippen molar-refractivity contribution in [1.29, 1.82) is 0 Å². The van der Waals surface area contributed by atoms with Crippen molar-refractivity contribution < 1.29 is 4.42 Å². The van der Waals surface area contributed by atoms with Gasteiger partial charge >= 0.3 is 0 Å². The lowest BCUT2D eigenvalue weighted by molar-refractivity contribution is 0.668. The Morgan fingerprint density at radius 1 is 0.281 bits per heavy atom. The van der Waals surface area contributed by atoms with Crippen LogP contribution in [0.3, 0.4) is 0 Å². The van der Waals surface area contributed by atoms with Crippen molar-refractivity contribution in [2.24, 2.45) is 0 Å². The lowest BCUT2D eigenvalue weighted by Crippen LogP contribution is -1.96. The molecule has 0 spiro atoms. The Morgan fingerprint density at radius 3 is 1.34 bits per heavy atom. The molecule has 0 unspecified atom stereocenters. The number of fused-ring (bicyclic) bond motifs is 20. The van der Waals surface area contributed by atoms with Crippen molar-refractivity contribution >= 4 is 97.1 Å². The van der Waals surface area contributed by atoms with Gasteiger partial charge in [0.1, 0.15) is 11.2 Å². The average Bonchev–Trinajstić information content (AvgIpc) is 4.11. The fraction of sp³-hybridized carbons (Fsp3) is 0. The lowest BCUT2D eigenvalue weighted by Gasteiger charge is -2.10. The molecular weight excluding hydrogens is 797 g/mol. The summed E-state index contributed by atoms with van der Waals surface area (Å²) in [6.45, 7) is 0. The first kappa shape index (κ1) is 34.4. The number of thiophene rings is 1. The van der Waals surface area contributed by atoms with Crippen LogP contribution in [0, 0.1) is 41.7 Å². The predicted molar refractivity (Wildman–Crippen MR) is 265 cm³/mol. The second kappa shape index (κ2) is 12.7. The molecule has 0 saturated heterocycles. The van der Waals surface area contributed by atoms with Crippen molar-refractivity contribution in [2.45, 2.75) is 0 Å². The zero-order valence-corrected chi connectivity index (χ0v) is 35.2. The first-order chi connectivity index (χ1) is 31.8. The molecule has 3 nitrogen and oxygen atoms in total. The number of aromatic nitrogens is 2. The van der Waals surface area contributed by atoms with E-state index in [-0.39, 0.29) is 0 Å². The molecule has 0 radical (unpaired) electrons. The number of rotatable bonds is 2. The number of nitrogens with zero attached hydrogens (tertiary/aromatic N) is 2. The van der Waals surface area contributed by atoms with Crippen molar-refractivity contribution in [1.82, 2.24) is 9.13 Å². The molecule has 1 aliphatic rings. The van der Waals surface area contributed by atoms with Crippen LogP contribution >= 0.6 is 11.3 Å². The molecule has 0 bridgehead atoms. The van der Waals surface area contributed by atoms with E-state index in [1.54, 1.807) is 0 Å². The molecule has 0 N–H and O–H groups in total. The summed E-state index contributed by atoms with van der Waals surface area (Å²) in [5.74, 6) is 0. The molecule has 4 heteroatoms. The highest BCUT2D eigenvalue weighted by Crippen LogP contribution is 2.41. The van der Waals surface area contributed by atoms with E-state index in [0.717, 1.165) is 33.3 Å². The van der Waals surface area contributed by atoms with Crippen LogP contribution in [0.4, 0.5) is 0 Å². The zero-order chi connectivity index (χ0) is 41.6. The van der Waals surface area contributed by atoms with E-state index in [1.165, 1.54) is 106 Å². The Hall–Kier alpha value is -8.18. The van der Waals surface area contributed by atoms with Gasteiger partial charge in [-0.1, -0.05) is 127 Å². The summed E-state index contributed by atoms with van der Waals surface area (Å²) < 4.78 is 14.3. The van der Waals surface area contributed by atoms with Gasteiger partial charge in [0, 0.05) is 84.7 Å². The van der Waals surface area contributed by atoms with Crippen molar-refractivity contribution in [3.63, 3.8) is 0 Å². The minimum absolute atomic E-state index is 0.889. The van der Waals surface area contributed by atoms with E-state index in [0.29, 0.717) is 0 Å². The summed E-state index contributed by atoms with van der Waals surface area (Å²) in [5.41, 5.74) is 8.80. The third kappa shape index (κ3) is 4.44. The summed E-state index contributed by atoms with van der Waals surface area (Å²) in [6, 6.07) is 76.1. The molecule has 0 aliphatic heterocycles. The molecular formula is C60H34N2OS. The van der Waals surface area contributed by atoms with Crippen LogP contribution < -0.4 is 0 Å². The molecule has 0 fully saturated rings. The number of hydrogen-bond acceptors (Lipinski definition) is 2. The highest BCUT2D eigenvalue weighted by Gasteiger charge is 2.21. The second-order valence-corrected chi connectivity index (χ2v) is 18.1. The van der Waals surface area contributed by atoms with Crippen LogP contribution in [-0.4, -0.2) is 9.13 Å². The van der Waals surface area contributed by atoms with Crippen LogP contribution in [0.5, 0.6) is 0 Å². The normalized spacial score (nSPS) is 12.4. The second-order valence-electron chi connectivity index (χ2n) is 17.1. The molecule has 14 aromatic rings. The van der Waals surface area contributed by atoms with E-state index < -0.39 is 0 Å². The molecule has 0 amide bonds. The molecule has 10 aromatic carbocycles. The maximum absolute atomic E-state index is 6.80. The summed E-state index contributed by atoms with van der Waals surface area (Å²) in [4.78, 5) is 0. The van der Waals surface area contributed by atoms with Gasteiger partial charge in [0.25, 0.3) is 0 Å². The van der Waals surface area contributed by atoms with Gasteiger partial charge < -0.3 is 13.6 Å². The van der Waals surface area contributed by atoms with E-state index in [1.807, 2.05) is 11.3 Å².